The third-order valence-corrected chi connectivity index (χ3v) is 7.42. The zero-order valence-corrected chi connectivity index (χ0v) is 18.1. The molecule has 2 aliphatic rings. The van der Waals surface area contributed by atoms with Crippen LogP contribution in [0.3, 0.4) is 0 Å². The quantitative estimate of drug-likeness (QED) is 0.204. The van der Waals surface area contributed by atoms with Crippen LogP contribution in [0.15, 0.2) is 16.7 Å². The van der Waals surface area contributed by atoms with E-state index in [2.05, 4.69) is 10.3 Å². The average Bonchev–Trinajstić information content (AvgIpc) is 3.07. The number of rotatable bonds is 7. The molecule has 3 heterocycles. The number of nitrogens with one attached hydrogen (secondary N) is 1. The van der Waals surface area contributed by atoms with E-state index in [1.54, 1.807) is 0 Å². The van der Waals surface area contributed by atoms with E-state index in [0.717, 1.165) is 34.9 Å². The van der Waals surface area contributed by atoms with Crippen LogP contribution in [0.1, 0.15) is 17.9 Å². The predicted octanol–water partition coefficient (Wildman–Crippen LogP) is -1.04. The second kappa shape index (κ2) is 8.45. The van der Waals surface area contributed by atoms with Crippen LogP contribution in [0.4, 0.5) is 5.13 Å². The first-order chi connectivity index (χ1) is 14.4. The summed E-state index contributed by atoms with van der Waals surface area (Å²) in [4.78, 5) is 52.5. The number of anilines is 1. The fourth-order valence-corrected chi connectivity index (χ4v) is 5.82. The number of hydrogen-bond donors (Lipinski definition) is 4. The van der Waals surface area contributed by atoms with Crippen LogP contribution in [0.2, 0.25) is 0 Å². The minimum Gasteiger partial charge on any atom is -0.477 e. The molecule has 0 bridgehead atoms. The zero-order valence-electron chi connectivity index (χ0n) is 15.7. The number of nitrogens with two attached hydrogens (primary N) is 1. The molecule has 5 N–H and O–H groups in total. The number of nitrogen functional groups attached to an aromatic ring is 1. The van der Waals surface area contributed by atoms with Crippen molar-refractivity contribution in [1.82, 2.24) is 15.2 Å². The number of β-lactam (4-membered cyclic amide) rings is 1. The van der Waals surface area contributed by atoms with E-state index >= 15 is 0 Å². The van der Waals surface area contributed by atoms with Gasteiger partial charge in [0.2, 0.25) is 11.2 Å². The first-order valence-electron chi connectivity index (χ1n) is 8.42. The summed E-state index contributed by atoms with van der Waals surface area (Å²) in [5.41, 5.74) is 4.99. The Morgan fingerprint density at radius 1 is 1.45 bits per heavy atom. The van der Waals surface area contributed by atoms with Crippen LogP contribution >= 0.6 is 23.1 Å². The summed E-state index contributed by atoms with van der Waals surface area (Å²) in [6.45, 7) is 0.843. The van der Waals surface area contributed by atoms with Gasteiger partial charge in [-0.2, -0.15) is 8.42 Å². The smallest absolute Gasteiger partial charge is 0.352 e. The third kappa shape index (κ3) is 4.51. The van der Waals surface area contributed by atoms with Crippen LogP contribution in [0.25, 0.3) is 0 Å². The summed E-state index contributed by atoms with van der Waals surface area (Å²) >= 11 is 1.96. The molecule has 0 aliphatic carbocycles. The van der Waals surface area contributed by atoms with Gasteiger partial charge in [-0.3, -0.25) is 23.8 Å². The highest BCUT2D eigenvalue weighted by Gasteiger charge is 2.55. The Hall–Kier alpha value is -2.69. The molecule has 3 atom stereocenters. The number of hydrogen-bond acceptors (Lipinski definition) is 11. The summed E-state index contributed by atoms with van der Waals surface area (Å²) < 4.78 is 37.8. The number of aromatic nitrogens is 1. The van der Waals surface area contributed by atoms with Crippen molar-refractivity contribution in [2.75, 3.05) is 18.1 Å². The highest BCUT2D eigenvalue weighted by atomic mass is 32.2. The molecule has 0 aromatic carbocycles. The molecule has 31 heavy (non-hydrogen) atoms. The number of carboxylic acid groups (broad SMARTS) is 1. The fraction of sp³-hybridized carbons (Fsp3) is 0.400. The van der Waals surface area contributed by atoms with Crippen LogP contribution in [-0.2, 0) is 34.0 Å². The topological polar surface area (TPSA) is 206 Å². The van der Waals surface area contributed by atoms with Gasteiger partial charge in [-0.1, -0.05) is 0 Å². The van der Waals surface area contributed by atoms with Crippen LogP contribution in [0, 0.1) is 0 Å². The van der Waals surface area contributed by atoms with Crippen LogP contribution < -0.4 is 11.1 Å². The van der Waals surface area contributed by atoms with E-state index in [1.807, 2.05) is 0 Å². The molecule has 1 aromatic rings. The molecule has 0 spiro atoms. The van der Waals surface area contributed by atoms with Crippen molar-refractivity contribution >= 4 is 62.1 Å². The molecule has 1 fully saturated rings. The second-order valence-electron chi connectivity index (χ2n) is 6.44. The highest BCUT2D eigenvalue weighted by Crippen LogP contribution is 2.40. The maximum atomic E-state index is 12.6. The van der Waals surface area contributed by atoms with Crippen molar-refractivity contribution in [3.63, 3.8) is 0 Å². The van der Waals surface area contributed by atoms with Gasteiger partial charge < -0.3 is 20.9 Å². The molecule has 2 amide bonds. The number of thioether (sulfide) groups is 1. The zero-order chi connectivity index (χ0) is 23.1. The van der Waals surface area contributed by atoms with Gasteiger partial charge in [0.1, 0.15) is 23.7 Å². The van der Waals surface area contributed by atoms with Crippen LogP contribution in [-0.4, -0.2) is 75.5 Å². The lowest BCUT2D eigenvalue weighted by Gasteiger charge is -2.49. The molecular weight excluding hydrogens is 476 g/mol. The molecule has 1 aromatic heterocycles. The molecule has 0 radical (unpaired) electrons. The average molecular weight is 493 g/mol. The molecule has 0 saturated carbocycles. The van der Waals surface area contributed by atoms with Gasteiger partial charge in [0.05, 0.1) is 5.69 Å². The number of carbonyl (C=O) groups is 4. The maximum Gasteiger partial charge on any atom is 0.352 e. The first-order valence-corrected chi connectivity index (χ1v) is 11.9. The Bertz CT molecular complexity index is 1100. The van der Waals surface area contributed by atoms with Gasteiger partial charge in [-0.15, -0.1) is 23.1 Å². The minimum atomic E-state index is -4.94. The number of aliphatic carboxylic acids is 1. The van der Waals surface area contributed by atoms with Crippen molar-refractivity contribution in [3.8, 4) is 0 Å². The normalized spacial score (nSPS) is 21.7. The molecule has 2 aliphatic heterocycles. The Morgan fingerprint density at radius 2 is 2.13 bits per heavy atom. The van der Waals surface area contributed by atoms with Crippen molar-refractivity contribution in [2.45, 2.75) is 23.6 Å². The number of carbonyl (C=O) groups excluding carboxylic acids is 3. The van der Waals surface area contributed by atoms with Gasteiger partial charge in [0.15, 0.2) is 5.13 Å². The fourth-order valence-electron chi connectivity index (χ4n) is 3.06. The Balaban J connectivity index is 1.81. The number of fused-ring (bicyclic) bond motifs is 1. The highest BCUT2D eigenvalue weighted by molar-refractivity contribution is 8.00. The van der Waals surface area contributed by atoms with E-state index < -0.39 is 50.5 Å². The first kappa shape index (κ1) is 23.0. The van der Waals surface area contributed by atoms with Gasteiger partial charge in [-0.05, 0) is 0 Å². The lowest BCUT2D eigenvalue weighted by atomic mass is 10.0. The second-order valence-corrected chi connectivity index (χ2v) is 9.94. The predicted molar refractivity (Wildman–Crippen MR) is 107 cm³/mol. The molecule has 168 valence electrons. The molecule has 3 rings (SSSR count). The number of esters is 1. The summed E-state index contributed by atoms with van der Waals surface area (Å²) in [5.74, 6) is -3.95. The van der Waals surface area contributed by atoms with E-state index in [-0.39, 0.29) is 34.5 Å². The summed E-state index contributed by atoms with van der Waals surface area (Å²) in [5, 5.41) is 9.97. The summed E-state index contributed by atoms with van der Waals surface area (Å²) in [6.07, 6.45) is 0. The van der Waals surface area contributed by atoms with Gasteiger partial charge in [0, 0.05) is 23.6 Å². The monoisotopic (exact) mass is 492 g/mol. The molecule has 2 unspecified atom stereocenters. The SMILES string of the molecule is CC(=O)OCC1=C(C(=O)O)N2C(=O)C(NC(=O)C(c3csc(N)n3)S(=O)(=O)O)[C@@H]2SC1. The molecule has 1 saturated heterocycles. The van der Waals surface area contributed by atoms with Gasteiger partial charge >= 0.3 is 11.9 Å². The van der Waals surface area contributed by atoms with E-state index in [4.69, 9.17) is 10.5 Å². The van der Waals surface area contributed by atoms with Crippen molar-refractivity contribution in [2.24, 2.45) is 0 Å². The lowest BCUT2D eigenvalue weighted by Crippen LogP contribution is -2.71. The van der Waals surface area contributed by atoms with Gasteiger partial charge in [-0.25, -0.2) is 9.78 Å². The summed E-state index contributed by atoms with van der Waals surface area (Å²) in [7, 11) is -4.94. The molecule has 16 heteroatoms. The largest absolute Gasteiger partial charge is 0.477 e. The van der Waals surface area contributed by atoms with Crippen molar-refractivity contribution < 1.29 is 42.0 Å². The Kier molecular flexibility index (Phi) is 6.26. The van der Waals surface area contributed by atoms with Gasteiger partial charge in [0.25, 0.3) is 16.0 Å². The van der Waals surface area contributed by atoms with Crippen molar-refractivity contribution in [1.29, 1.82) is 0 Å². The third-order valence-electron chi connectivity index (χ3n) is 4.34. The van der Waals surface area contributed by atoms with E-state index in [0.29, 0.717) is 0 Å². The lowest BCUT2D eigenvalue weighted by molar-refractivity contribution is -0.151. The number of ether oxygens (including phenoxy) is 1. The van der Waals surface area contributed by atoms with E-state index in [1.165, 1.54) is 5.38 Å². The number of thiazole rings is 1. The summed E-state index contributed by atoms with van der Waals surface area (Å²) in [6, 6.07) is -1.23. The Morgan fingerprint density at radius 3 is 2.65 bits per heavy atom. The minimum absolute atomic E-state index is 0.0262. The number of nitrogens with zero attached hydrogens (tertiary/aromatic N) is 2. The Labute approximate surface area is 183 Å². The molecule has 13 nitrogen and oxygen atoms in total. The van der Waals surface area contributed by atoms with E-state index in [9.17, 15) is 37.3 Å². The number of carboxylic acids is 1. The van der Waals surface area contributed by atoms with Crippen molar-refractivity contribution in [3.05, 3.63) is 22.3 Å². The standard InChI is InChI=1S/C15H16N4O9S3/c1-5(20)28-2-6-3-29-13-8(12(22)19(13)9(6)14(23)24)18-11(21)10(31(25,26)27)7-4-30-15(16)17-7/h4,8,10,13H,2-3H2,1H3,(H2,16,17)(H,18,21)(H,23,24)(H,25,26,27)/t8?,10?,13-/m0/s1. The van der Waals surface area contributed by atoms with Crippen LogP contribution in [0.5, 0.6) is 0 Å². The maximum absolute atomic E-state index is 12.6. The molecular formula is C15H16N4O9S3. The number of amides is 2.